The van der Waals surface area contributed by atoms with E-state index in [0.717, 1.165) is 17.7 Å². The molecule has 0 saturated heterocycles. The van der Waals surface area contributed by atoms with E-state index in [-0.39, 0.29) is 5.82 Å². The van der Waals surface area contributed by atoms with Crippen molar-refractivity contribution in [2.75, 3.05) is 5.32 Å². The molecule has 1 N–H and O–H groups in total. The van der Waals surface area contributed by atoms with Crippen LogP contribution in [-0.2, 0) is 13.1 Å². The minimum atomic E-state index is -0.339. The number of rotatable bonds is 5. The Morgan fingerprint density at radius 3 is 2.68 bits per heavy atom. The van der Waals surface area contributed by atoms with Crippen molar-refractivity contribution in [3.63, 3.8) is 0 Å². The van der Waals surface area contributed by atoms with Gasteiger partial charge in [0.15, 0.2) is 0 Å². The van der Waals surface area contributed by atoms with Crippen molar-refractivity contribution < 1.29 is 4.39 Å². The molecular weight excluding hydrogens is 353 g/mol. The first-order valence-electron chi connectivity index (χ1n) is 8.90. The van der Waals surface area contributed by atoms with Crippen LogP contribution < -0.4 is 5.32 Å². The van der Waals surface area contributed by atoms with Crippen molar-refractivity contribution in [1.82, 2.24) is 14.5 Å². The molecule has 0 atom stereocenters. The second kappa shape index (κ2) is 7.49. The Morgan fingerprint density at radius 1 is 1.18 bits per heavy atom. The topological polar surface area (TPSA) is 66.5 Å². The van der Waals surface area contributed by atoms with Crippen LogP contribution in [0, 0.1) is 24.1 Å². The molecule has 2 aromatic carbocycles. The Kier molecular flexibility index (Phi) is 4.73. The van der Waals surface area contributed by atoms with E-state index in [1.54, 1.807) is 12.5 Å². The number of benzene rings is 2. The summed E-state index contributed by atoms with van der Waals surface area (Å²) in [6, 6.07) is 13.2. The van der Waals surface area contributed by atoms with Gasteiger partial charge < -0.3 is 9.88 Å². The van der Waals surface area contributed by atoms with Gasteiger partial charge in [-0.3, -0.25) is 4.98 Å². The second-order valence-electron chi connectivity index (χ2n) is 6.68. The molecule has 5 nitrogen and oxygen atoms in total. The van der Waals surface area contributed by atoms with Gasteiger partial charge in [0.05, 0.1) is 23.1 Å². The minimum absolute atomic E-state index is 0.339. The van der Waals surface area contributed by atoms with E-state index in [1.807, 2.05) is 29.8 Å². The van der Waals surface area contributed by atoms with Crippen LogP contribution in [0.1, 0.15) is 22.3 Å². The standard InChI is InChI=1S/C22H18FN5/c1-15-8-19(23)9-20-21(15)27-12-18(10-24)22(20)26-11-16-2-4-17(5-3-16)13-28-7-6-25-14-28/h2-9,12,14H,11,13H2,1H3,(H,26,27). The van der Waals surface area contributed by atoms with Gasteiger partial charge in [0.2, 0.25) is 0 Å². The molecule has 2 aromatic heterocycles. The molecule has 0 amide bonds. The molecule has 0 aliphatic carbocycles. The average molecular weight is 371 g/mol. The predicted molar refractivity (Wildman–Crippen MR) is 106 cm³/mol. The van der Waals surface area contributed by atoms with Crippen molar-refractivity contribution >= 4 is 16.6 Å². The average Bonchev–Trinajstić information content (AvgIpc) is 3.20. The maximum absolute atomic E-state index is 13.9. The molecule has 0 saturated carbocycles. The summed E-state index contributed by atoms with van der Waals surface area (Å²) in [5.74, 6) is -0.339. The zero-order valence-electron chi connectivity index (χ0n) is 15.4. The van der Waals surface area contributed by atoms with Crippen molar-refractivity contribution in [2.24, 2.45) is 0 Å². The van der Waals surface area contributed by atoms with Crippen molar-refractivity contribution in [2.45, 2.75) is 20.0 Å². The van der Waals surface area contributed by atoms with E-state index in [0.29, 0.717) is 28.7 Å². The van der Waals surface area contributed by atoms with Crippen LogP contribution in [0.2, 0.25) is 0 Å². The molecule has 0 radical (unpaired) electrons. The predicted octanol–water partition coefficient (Wildman–Crippen LogP) is 4.41. The number of imidazole rings is 1. The van der Waals surface area contributed by atoms with Gasteiger partial charge in [0.25, 0.3) is 0 Å². The lowest BCUT2D eigenvalue weighted by Gasteiger charge is -2.13. The van der Waals surface area contributed by atoms with Gasteiger partial charge in [0.1, 0.15) is 11.9 Å². The first-order valence-corrected chi connectivity index (χ1v) is 8.90. The first kappa shape index (κ1) is 17.7. The summed E-state index contributed by atoms with van der Waals surface area (Å²) in [5, 5.41) is 13.4. The fourth-order valence-electron chi connectivity index (χ4n) is 3.26. The number of pyridine rings is 1. The normalized spacial score (nSPS) is 10.8. The van der Waals surface area contributed by atoms with Crippen LogP contribution in [0.25, 0.3) is 10.9 Å². The molecule has 28 heavy (non-hydrogen) atoms. The third-order valence-electron chi connectivity index (χ3n) is 4.66. The van der Waals surface area contributed by atoms with Crippen molar-refractivity contribution in [3.8, 4) is 6.07 Å². The van der Waals surface area contributed by atoms with Crippen LogP contribution in [0.5, 0.6) is 0 Å². The number of anilines is 1. The van der Waals surface area contributed by atoms with Gasteiger partial charge >= 0.3 is 0 Å². The fourth-order valence-corrected chi connectivity index (χ4v) is 3.26. The largest absolute Gasteiger partial charge is 0.379 e. The molecular formula is C22H18FN5. The smallest absolute Gasteiger partial charge is 0.124 e. The van der Waals surface area contributed by atoms with Gasteiger partial charge in [-0.25, -0.2) is 9.37 Å². The summed E-state index contributed by atoms with van der Waals surface area (Å²) in [4.78, 5) is 8.37. The number of nitriles is 1. The molecule has 0 fully saturated rings. The minimum Gasteiger partial charge on any atom is -0.379 e. The summed E-state index contributed by atoms with van der Waals surface area (Å²) in [5.41, 5.74) is 4.68. The Hall–Kier alpha value is -3.72. The number of hydrogen-bond donors (Lipinski definition) is 1. The SMILES string of the molecule is Cc1cc(F)cc2c(NCc3ccc(Cn4ccnc4)cc3)c(C#N)cnc12. The van der Waals surface area contributed by atoms with Gasteiger partial charge in [0, 0.05) is 37.1 Å². The highest BCUT2D eigenvalue weighted by atomic mass is 19.1. The summed E-state index contributed by atoms with van der Waals surface area (Å²) < 4.78 is 15.9. The molecule has 6 heteroatoms. The van der Waals surface area contributed by atoms with Gasteiger partial charge in [-0.05, 0) is 35.7 Å². The zero-order chi connectivity index (χ0) is 19.5. The van der Waals surface area contributed by atoms with Crippen LogP contribution in [0.15, 0.2) is 61.3 Å². The molecule has 4 rings (SSSR count). The Morgan fingerprint density at radius 2 is 1.96 bits per heavy atom. The maximum atomic E-state index is 13.9. The molecule has 138 valence electrons. The van der Waals surface area contributed by atoms with Crippen LogP contribution in [0.4, 0.5) is 10.1 Å². The molecule has 0 unspecified atom stereocenters. The molecule has 0 aliphatic heterocycles. The number of aryl methyl sites for hydroxylation is 1. The first-order chi connectivity index (χ1) is 13.6. The molecule has 0 aliphatic rings. The second-order valence-corrected chi connectivity index (χ2v) is 6.68. The highest BCUT2D eigenvalue weighted by Gasteiger charge is 2.12. The Bertz CT molecular complexity index is 1160. The van der Waals surface area contributed by atoms with E-state index in [1.165, 1.54) is 23.9 Å². The Balaban J connectivity index is 1.57. The number of nitrogens with one attached hydrogen (secondary N) is 1. The number of halogens is 1. The van der Waals surface area contributed by atoms with E-state index < -0.39 is 0 Å². The van der Waals surface area contributed by atoms with Crippen molar-refractivity contribution in [1.29, 1.82) is 5.26 Å². The highest BCUT2D eigenvalue weighted by molar-refractivity contribution is 5.95. The van der Waals surface area contributed by atoms with E-state index in [4.69, 9.17) is 0 Å². The van der Waals surface area contributed by atoms with Crippen LogP contribution in [0.3, 0.4) is 0 Å². The summed E-state index contributed by atoms with van der Waals surface area (Å²) in [7, 11) is 0. The summed E-state index contributed by atoms with van der Waals surface area (Å²) >= 11 is 0. The van der Waals surface area contributed by atoms with E-state index in [9.17, 15) is 9.65 Å². The fraction of sp³-hybridized carbons (Fsp3) is 0.136. The van der Waals surface area contributed by atoms with Crippen molar-refractivity contribution in [3.05, 3.63) is 89.4 Å². The zero-order valence-corrected chi connectivity index (χ0v) is 15.4. The van der Waals surface area contributed by atoms with Gasteiger partial charge in [-0.2, -0.15) is 5.26 Å². The molecule has 2 heterocycles. The van der Waals surface area contributed by atoms with E-state index in [2.05, 4.69) is 33.5 Å². The maximum Gasteiger partial charge on any atom is 0.124 e. The monoisotopic (exact) mass is 371 g/mol. The van der Waals surface area contributed by atoms with Crippen LogP contribution >= 0.6 is 0 Å². The third kappa shape index (κ3) is 3.55. The quantitative estimate of drug-likeness (QED) is 0.564. The van der Waals surface area contributed by atoms with E-state index >= 15 is 0 Å². The van der Waals surface area contributed by atoms with Gasteiger partial charge in [-0.15, -0.1) is 0 Å². The summed E-state index contributed by atoms with van der Waals surface area (Å²) in [6.07, 6.45) is 7.00. The Labute approximate surface area is 162 Å². The lowest BCUT2D eigenvalue weighted by Crippen LogP contribution is -2.04. The molecule has 0 spiro atoms. The summed E-state index contributed by atoms with van der Waals surface area (Å²) in [6.45, 7) is 3.10. The molecule has 4 aromatic rings. The number of hydrogen-bond acceptors (Lipinski definition) is 4. The third-order valence-corrected chi connectivity index (χ3v) is 4.66. The van der Waals surface area contributed by atoms with Gasteiger partial charge in [-0.1, -0.05) is 24.3 Å². The van der Waals surface area contributed by atoms with Crippen LogP contribution in [-0.4, -0.2) is 14.5 Å². The highest BCUT2D eigenvalue weighted by Crippen LogP contribution is 2.29. The number of aromatic nitrogens is 3. The number of nitrogens with zero attached hydrogens (tertiary/aromatic N) is 4. The lowest BCUT2D eigenvalue weighted by molar-refractivity contribution is 0.628. The lowest BCUT2D eigenvalue weighted by atomic mass is 10.1. The molecule has 0 bridgehead atoms. The number of fused-ring (bicyclic) bond motifs is 1.